The average Bonchev–Trinajstić information content (AvgIpc) is 2.15. The fourth-order valence-electron chi connectivity index (χ4n) is 1.02. The fourth-order valence-corrected chi connectivity index (χ4v) is 1.28. The SMILES string of the molecule is C=C(C)CCOCc1ccc(Br)cc1. The Bertz CT molecular complexity index is 290. The molecule has 0 aromatic heterocycles. The normalized spacial score (nSPS) is 10.1. The maximum atomic E-state index is 5.49. The van der Waals surface area contributed by atoms with Crippen molar-refractivity contribution < 1.29 is 4.74 Å². The molecule has 0 radical (unpaired) electrons. The summed E-state index contributed by atoms with van der Waals surface area (Å²) < 4.78 is 6.59. The molecule has 0 unspecified atom stereocenters. The lowest BCUT2D eigenvalue weighted by Gasteiger charge is -2.04. The van der Waals surface area contributed by atoms with Gasteiger partial charge >= 0.3 is 0 Å². The molecular weight excluding hydrogens is 240 g/mol. The van der Waals surface area contributed by atoms with Crippen LogP contribution in [0.5, 0.6) is 0 Å². The number of hydrogen-bond donors (Lipinski definition) is 0. The van der Waals surface area contributed by atoms with E-state index in [0.717, 1.165) is 17.5 Å². The average molecular weight is 255 g/mol. The zero-order chi connectivity index (χ0) is 10.4. The zero-order valence-electron chi connectivity index (χ0n) is 8.42. The van der Waals surface area contributed by atoms with Gasteiger partial charge in [-0.25, -0.2) is 0 Å². The molecule has 0 fully saturated rings. The molecule has 0 aliphatic carbocycles. The third kappa shape index (κ3) is 4.58. The van der Waals surface area contributed by atoms with Crippen LogP contribution in [0.2, 0.25) is 0 Å². The minimum Gasteiger partial charge on any atom is -0.376 e. The van der Waals surface area contributed by atoms with Crippen molar-refractivity contribution >= 4 is 15.9 Å². The highest BCUT2D eigenvalue weighted by Crippen LogP contribution is 2.11. The summed E-state index contributed by atoms with van der Waals surface area (Å²) >= 11 is 3.39. The molecule has 1 aromatic carbocycles. The van der Waals surface area contributed by atoms with E-state index in [-0.39, 0.29) is 0 Å². The first kappa shape index (κ1) is 11.5. The Balaban J connectivity index is 2.25. The fraction of sp³-hybridized carbons (Fsp3) is 0.333. The van der Waals surface area contributed by atoms with Crippen LogP contribution in [-0.2, 0) is 11.3 Å². The standard InChI is InChI=1S/C12H15BrO/c1-10(2)7-8-14-9-11-3-5-12(13)6-4-11/h3-6H,1,7-9H2,2H3. The summed E-state index contributed by atoms with van der Waals surface area (Å²) in [6, 6.07) is 8.17. The maximum Gasteiger partial charge on any atom is 0.0717 e. The number of hydrogen-bond acceptors (Lipinski definition) is 1. The minimum atomic E-state index is 0.681. The van der Waals surface area contributed by atoms with Gasteiger partial charge in [0.1, 0.15) is 0 Å². The monoisotopic (exact) mass is 254 g/mol. The molecule has 0 aliphatic heterocycles. The Labute approximate surface area is 93.9 Å². The summed E-state index contributed by atoms with van der Waals surface area (Å²) in [4.78, 5) is 0. The Hall–Kier alpha value is -0.600. The molecule has 1 aromatic rings. The first-order valence-corrected chi connectivity index (χ1v) is 5.44. The van der Waals surface area contributed by atoms with Crippen molar-refractivity contribution in [2.75, 3.05) is 6.61 Å². The van der Waals surface area contributed by atoms with E-state index in [9.17, 15) is 0 Å². The third-order valence-corrected chi connectivity index (χ3v) is 2.38. The Morgan fingerprint density at radius 3 is 2.57 bits per heavy atom. The van der Waals surface area contributed by atoms with E-state index < -0.39 is 0 Å². The number of ether oxygens (including phenoxy) is 1. The molecule has 0 spiro atoms. The zero-order valence-corrected chi connectivity index (χ0v) is 10.0. The van der Waals surface area contributed by atoms with Crippen LogP contribution in [-0.4, -0.2) is 6.61 Å². The highest BCUT2D eigenvalue weighted by atomic mass is 79.9. The molecule has 1 nitrogen and oxygen atoms in total. The van der Waals surface area contributed by atoms with Crippen LogP contribution in [0.25, 0.3) is 0 Å². The summed E-state index contributed by atoms with van der Waals surface area (Å²) in [6.45, 7) is 7.28. The number of rotatable bonds is 5. The van der Waals surface area contributed by atoms with Crippen molar-refractivity contribution in [3.05, 3.63) is 46.5 Å². The van der Waals surface area contributed by atoms with Gasteiger partial charge in [0, 0.05) is 4.47 Å². The molecule has 0 N–H and O–H groups in total. The molecular formula is C12H15BrO. The molecule has 0 bridgehead atoms. The van der Waals surface area contributed by atoms with E-state index in [1.54, 1.807) is 0 Å². The van der Waals surface area contributed by atoms with E-state index in [0.29, 0.717) is 6.61 Å². The molecule has 14 heavy (non-hydrogen) atoms. The van der Waals surface area contributed by atoms with Crippen molar-refractivity contribution in [1.82, 2.24) is 0 Å². The van der Waals surface area contributed by atoms with Gasteiger partial charge in [-0.1, -0.05) is 33.6 Å². The maximum absolute atomic E-state index is 5.49. The summed E-state index contributed by atoms with van der Waals surface area (Å²) in [7, 11) is 0. The first-order chi connectivity index (χ1) is 6.68. The summed E-state index contributed by atoms with van der Waals surface area (Å²) in [6.07, 6.45) is 0.941. The first-order valence-electron chi connectivity index (χ1n) is 4.65. The van der Waals surface area contributed by atoms with Crippen molar-refractivity contribution in [2.45, 2.75) is 20.0 Å². The van der Waals surface area contributed by atoms with Crippen molar-refractivity contribution in [3.8, 4) is 0 Å². The highest BCUT2D eigenvalue weighted by Gasteiger charge is 1.93. The Morgan fingerprint density at radius 2 is 2.00 bits per heavy atom. The summed E-state index contributed by atoms with van der Waals surface area (Å²) in [5, 5.41) is 0. The predicted octanol–water partition coefficient (Wildman–Crippen LogP) is 3.93. The van der Waals surface area contributed by atoms with Gasteiger partial charge in [0.25, 0.3) is 0 Å². The smallest absolute Gasteiger partial charge is 0.0717 e. The lowest BCUT2D eigenvalue weighted by molar-refractivity contribution is 0.124. The van der Waals surface area contributed by atoms with Crippen molar-refractivity contribution in [1.29, 1.82) is 0 Å². The van der Waals surface area contributed by atoms with Crippen LogP contribution < -0.4 is 0 Å². The second-order valence-corrected chi connectivity index (χ2v) is 4.30. The van der Waals surface area contributed by atoms with Crippen LogP contribution in [0.4, 0.5) is 0 Å². The third-order valence-electron chi connectivity index (χ3n) is 1.86. The minimum absolute atomic E-state index is 0.681. The molecule has 0 aliphatic rings. The topological polar surface area (TPSA) is 9.23 Å². The van der Waals surface area contributed by atoms with Gasteiger partial charge in [0.15, 0.2) is 0 Å². The van der Waals surface area contributed by atoms with Crippen LogP contribution in [0.15, 0.2) is 40.9 Å². The Kier molecular flexibility index (Phi) is 4.91. The lowest BCUT2D eigenvalue weighted by Crippen LogP contribution is -1.95. The van der Waals surface area contributed by atoms with Crippen LogP contribution >= 0.6 is 15.9 Å². The molecule has 0 saturated carbocycles. The molecule has 2 heteroatoms. The quantitative estimate of drug-likeness (QED) is 0.572. The predicted molar refractivity (Wildman–Crippen MR) is 63.2 cm³/mol. The lowest BCUT2D eigenvalue weighted by atomic mass is 10.2. The van der Waals surface area contributed by atoms with E-state index in [2.05, 4.69) is 34.6 Å². The van der Waals surface area contributed by atoms with E-state index in [1.807, 2.05) is 19.1 Å². The Morgan fingerprint density at radius 1 is 1.36 bits per heavy atom. The summed E-state index contributed by atoms with van der Waals surface area (Å²) in [5.41, 5.74) is 2.37. The van der Waals surface area contributed by atoms with Gasteiger partial charge in [0.2, 0.25) is 0 Å². The highest BCUT2D eigenvalue weighted by molar-refractivity contribution is 9.10. The van der Waals surface area contributed by atoms with Gasteiger partial charge in [-0.15, -0.1) is 6.58 Å². The van der Waals surface area contributed by atoms with Crippen molar-refractivity contribution in [3.63, 3.8) is 0 Å². The molecule has 1 rings (SSSR count). The van der Waals surface area contributed by atoms with Gasteiger partial charge < -0.3 is 4.74 Å². The van der Waals surface area contributed by atoms with Crippen LogP contribution in [0.1, 0.15) is 18.9 Å². The number of benzene rings is 1. The van der Waals surface area contributed by atoms with E-state index in [4.69, 9.17) is 4.74 Å². The van der Waals surface area contributed by atoms with Gasteiger partial charge in [0.05, 0.1) is 13.2 Å². The van der Waals surface area contributed by atoms with Crippen LogP contribution in [0, 0.1) is 0 Å². The van der Waals surface area contributed by atoms with Gasteiger partial charge in [-0.05, 0) is 31.0 Å². The van der Waals surface area contributed by atoms with E-state index >= 15 is 0 Å². The van der Waals surface area contributed by atoms with Crippen LogP contribution in [0.3, 0.4) is 0 Å². The number of halogens is 1. The molecule has 0 saturated heterocycles. The van der Waals surface area contributed by atoms with Crippen molar-refractivity contribution in [2.24, 2.45) is 0 Å². The van der Waals surface area contributed by atoms with E-state index in [1.165, 1.54) is 11.1 Å². The molecule has 0 atom stereocenters. The molecule has 76 valence electrons. The summed E-state index contributed by atoms with van der Waals surface area (Å²) in [5.74, 6) is 0. The largest absolute Gasteiger partial charge is 0.376 e. The molecule has 0 amide bonds. The van der Waals surface area contributed by atoms with Gasteiger partial charge in [-0.2, -0.15) is 0 Å². The molecule has 0 heterocycles. The second-order valence-electron chi connectivity index (χ2n) is 3.39. The van der Waals surface area contributed by atoms with Gasteiger partial charge in [-0.3, -0.25) is 0 Å². The second kappa shape index (κ2) is 5.99.